The number of rotatable bonds is 6. The quantitative estimate of drug-likeness (QED) is 0.182. The van der Waals surface area contributed by atoms with E-state index in [2.05, 4.69) is 53.5 Å². The molecule has 0 aliphatic rings. The van der Waals surface area contributed by atoms with Crippen molar-refractivity contribution in [3.8, 4) is 67.7 Å². The van der Waals surface area contributed by atoms with Crippen LogP contribution >= 0.6 is 0 Å². The fourth-order valence-electron chi connectivity index (χ4n) is 6.20. The zero-order chi connectivity index (χ0) is 32.6. The third kappa shape index (κ3) is 5.41. The van der Waals surface area contributed by atoms with Crippen LogP contribution in [0.3, 0.4) is 0 Å². The molecule has 0 aliphatic heterocycles. The smallest absolute Gasteiger partial charge is 0.167 e. The molecule has 0 spiro atoms. The maximum atomic E-state index is 6.53. The number of furan rings is 1. The van der Waals surface area contributed by atoms with E-state index in [0.717, 1.165) is 72.1 Å². The van der Waals surface area contributed by atoms with Gasteiger partial charge in [-0.05, 0) is 53.1 Å². The van der Waals surface area contributed by atoms with E-state index >= 15 is 0 Å². The van der Waals surface area contributed by atoms with Crippen LogP contribution in [-0.4, -0.2) is 24.9 Å². The molecule has 49 heavy (non-hydrogen) atoms. The second kappa shape index (κ2) is 12.1. The standard InChI is InChI=1S/C43H27N5O/c1-3-9-31(10-4-1)41-46-42(32-11-5-2-6-12-32)48-43(47-41)37-26-34(25-36-35-13-7-8-14-39(35)49-40(36)37)29-17-15-28(16-18-29)33-19-20-38(45-27-33)30-21-23-44-24-22-30/h1-27H. The van der Waals surface area contributed by atoms with Crippen LogP contribution in [0.5, 0.6) is 0 Å². The van der Waals surface area contributed by atoms with Gasteiger partial charge in [0.25, 0.3) is 0 Å². The number of fused-ring (bicyclic) bond motifs is 3. The van der Waals surface area contributed by atoms with Crippen molar-refractivity contribution in [2.45, 2.75) is 0 Å². The lowest BCUT2D eigenvalue weighted by molar-refractivity contribution is 0.669. The Morgan fingerprint density at radius 3 is 1.65 bits per heavy atom. The van der Waals surface area contributed by atoms with Crippen LogP contribution in [0, 0.1) is 0 Å². The zero-order valence-electron chi connectivity index (χ0n) is 26.2. The van der Waals surface area contributed by atoms with Gasteiger partial charge in [-0.3, -0.25) is 9.97 Å². The molecular formula is C43H27N5O. The van der Waals surface area contributed by atoms with Gasteiger partial charge in [0.15, 0.2) is 17.5 Å². The average molecular weight is 630 g/mol. The highest BCUT2D eigenvalue weighted by molar-refractivity contribution is 6.11. The van der Waals surface area contributed by atoms with E-state index in [1.807, 2.05) is 103 Å². The number of aromatic nitrogens is 5. The van der Waals surface area contributed by atoms with Crippen molar-refractivity contribution in [3.63, 3.8) is 0 Å². The Kier molecular flexibility index (Phi) is 7.02. The number of hydrogen-bond donors (Lipinski definition) is 0. The van der Waals surface area contributed by atoms with Gasteiger partial charge in [0, 0.05) is 51.6 Å². The topological polar surface area (TPSA) is 77.6 Å². The van der Waals surface area contributed by atoms with E-state index in [-0.39, 0.29) is 0 Å². The van der Waals surface area contributed by atoms with Crippen molar-refractivity contribution in [3.05, 3.63) is 164 Å². The van der Waals surface area contributed by atoms with Gasteiger partial charge >= 0.3 is 0 Å². The molecule has 6 nitrogen and oxygen atoms in total. The SMILES string of the molecule is c1ccc(-c2nc(-c3ccccc3)nc(-c3cc(-c4ccc(-c5ccc(-c6ccncc6)nc5)cc4)cc4c3oc3ccccc34)n2)cc1. The molecule has 5 aromatic carbocycles. The van der Waals surface area contributed by atoms with Crippen LogP contribution < -0.4 is 0 Å². The summed E-state index contributed by atoms with van der Waals surface area (Å²) in [6.45, 7) is 0. The van der Waals surface area contributed by atoms with Gasteiger partial charge in [0.1, 0.15) is 11.2 Å². The van der Waals surface area contributed by atoms with Crippen LogP contribution in [-0.2, 0) is 0 Å². The molecule has 0 atom stereocenters. The number of pyridine rings is 2. The number of nitrogens with zero attached hydrogens (tertiary/aromatic N) is 5. The summed E-state index contributed by atoms with van der Waals surface area (Å²) in [6, 6.07) is 49.1. The first-order chi connectivity index (χ1) is 24.3. The lowest BCUT2D eigenvalue weighted by atomic mass is 9.97. The summed E-state index contributed by atoms with van der Waals surface area (Å²) in [5.41, 5.74) is 10.4. The molecular weight excluding hydrogens is 603 g/mol. The lowest BCUT2D eigenvalue weighted by Crippen LogP contribution is -2.00. The van der Waals surface area contributed by atoms with Crippen molar-refractivity contribution in [2.24, 2.45) is 0 Å². The molecule has 0 unspecified atom stereocenters. The minimum absolute atomic E-state index is 0.551. The van der Waals surface area contributed by atoms with Gasteiger partial charge in [-0.1, -0.05) is 109 Å². The first kappa shape index (κ1) is 28.4. The molecule has 0 fully saturated rings. The summed E-state index contributed by atoms with van der Waals surface area (Å²) in [6.07, 6.45) is 5.48. The summed E-state index contributed by atoms with van der Waals surface area (Å²) < 4.78 is 6.53. The van der Waals surface area contributed by atoms with E-state index in [1.54, 1.807) is 12.4 Å². The normalized spacial score (nSPS) is 11.3. The Morgan fingerprint density at radius 1 is 0.408 bits per heavy atom. The molecule has 0 saturated heterocycles. The van der Waals surface area contributed by atoms with Crippen LogP contribution in [0.25, 0.3) is 89.6 Å². The molecule has 0 radical (unpaired) electrons. The van der Waals surface area contributed by atoms with Gasteiger partial charge in [-0.2, -0.15) is 0 Å². The number of para-hydroxylation sites is 1. The van der Waals surface area contributed by atoms with Crippen molar-refractivity contribution in [1.29, 1.82) is 0 Å². The molecule has 0 N–H and O–H groups in total. The van der Waals surface area contributed by atoms with E-state index in [4.69, 9.17) is 24.4 Å². The summed E-state index contributed by atoms with van der Waals surface area (Å²) in [5, 5.41) is 2.05. The van der Waals surface area contributed by atoms with Crippen LogP contribution in [0.2, 0.25) is 0 Å². The molecule has 4 aromatic heterocycles. The Balaban J connectivity index is 1.18. The highest BCUT2D eigenvalue weighted by Crippen LogP contribution is 2.39. The molecule has 0 bridgehead atoms. The monoisotopic (exact) mass is 629 g/mol. The summed E-state index contributed by atoms with van der Waals surface area (Å²) in [7, 11) is 0. The maximum absolute atomic E-state index is 6.53. The first-order valence-corrected chi connectivity index (χ1v) is 16.1. The minimum atomic E-state index is 0.551. The van der Waals surface area contributed by atoms with Crippen LogP contribution in [0.15, 0.2) is 169 Å². The van der Waals surface area contributed by atoms with Gasteiger partial charge in [-0.15, -0.1) is 0 Å². The molecule has 230 valence electrons. The Labute approximate surface area is 282 Å². The van der Waals surface area contributed by atoms with Crippen molar-refractivity contribution >= 4 is 21.9 Å². The number of benzene rings is 5. The zero-order valence-corrected chi connectivity index (χ0v) is 26.2. The van der Waals surface area contributed by atoms with Crippen LogP contribution in [0.4, 0.5) is 0 Å². The Hall–Kier alpha value is -6.79. The minimum Gasteiger partial charge on any atom is -0.455 e. The molecule has 4 heterocycles. The predicted octanol–water partition coefficient (Wildman–Crippen LogP) is 10.6. The fourth-order valence-corrected chi connectivity index (χ4v) is 6.20. The van der Waals surface area contributed by atoms with Crippen LogP contribution in [0.1, 0.15) is 0 Å². The average Bonchev–Trinajstić information content (AvgIpc) is 3.57. The van der Waals surface area contributed by atoms with Crippen molar-refractivity contribution in [1.82, 2.24) is 24.9 Å². The fraction of sp³-hybridized carbons (Fsp3) is 0. The second-order valence-corrected chi connectivity index (χ2v) is 11.8. The maximum Gasteiger partial charge on any atom is 0.167 e. The highest BCUT2D eigenvalue weighted by Gasteiger charge is 2.19. The molecule has 6 heteroatoms. The van der Waals surface area contributed by atoms with E-state index < -0.39 is 0 Å². The van der Waals surface area contributed by atoms with Crippen molar-refractivity contribution < 1.29 is 4.42 Å². The van der Waals surface area contributed by atoms with E-state index in [9.17, 15) is 0 Å². The largest absolute Gasteiger partial charge is 0.455 e. The van der Waals surface area contributed by atoms with Gasteiger partial charge in [-0.25, -0.2) is 15.0 Å². The predicted molar refractivity (Wildman–Crippen MR) is 195 cm³/mol. The molecule has 9 aromatic rings. The third-order valence-electron chi connectivity index (χ3n) is 8.71. The molecule has 0 aliphatic carbocycles. The second-order valence-electron chi connectivity index (χ2n) is 11.8. The molecule has 0 saturated carbocycles. The van der Waals surface area contributed by atoms with Gasteiger partial charge in [0.2, 0.25) is 0 Å². The lowest BCUT2D eigenvalue weighted by Gasteiger charge is -2.11. The Morgan fingerprint density at radius 2 is 1.00 bits per heavy atom. The third-order valence-corrected chi connectivity index (χ3v) is 8.71. The summed E-state index contributed by atoms with van der Waals surface area (Å²) >= 11 is 0. The van der Waals surface area contributed by atoms with E-state index in [1.165, 1.54) is 0 Å². The Bertz CT molecular complexity index is 2510. The van der Waals surface area contributed by atoms with Crippen molar-refractivity contribution in [2.75, 3.05) is 0 Å². The molecule has 0 amide bonds. The molecule has 9 rings (SSSR count). The summed E-state index contributed by atoms with van der Waals surface area (Å²) in [4.78, 5) is 23.8. The van der Waals surface area contributed by atoms with E-state index in [0.29, 0.717) is 17.5 Å². The summed E-state index contributed by atoms with van der Waals surface area (Å²) in [5.74, 6) is 1.76. The first-order valence-electron chi connectivity index (χ1n) is 16.1. The number of hydrogen-bond acceptors (Lipinski definition) is 6. The van der Waals surface area contributed by atoms with Gasteiger partial charge < -0.3 is 4.42 Å². The van der Waals surface area contributed by atoms with Gasteiger partial charge in [0.05, 0.1) is 11.3 Å². The highest BCUT2D eigenvalue weighted by atomic mass is 16.3.